The third-order valence-electron chi connectivity index (χ3n) is 3.45. The Morgan fingerprint density at radius 3 is 2.79 bits per heavy atom. The minimum absolute atomic E-state index is 0.0587. The van der Waals surface area contributed by atoms with Gasteiger partial charge < -0.3 is 5.32 Å². The van der Waals surface area contributed by atoms with Crippen LogP contribution in [0.2, 0.25) is 0 Å². The molecule has 1 amide bonds. The molecule has 0 atom stereocenters. The van der Waals surface area contributed by atoms with Crippen LogP contribution in [0.5, 0.6) is 0 Å². The number of aromatic nitrogens is 1. The number of ketones is 1. The Balaban J connectivity index is 1.70. The number of pyridine rings is 1. The molecule has 1 aliphatic carbocycles. The summed E-state index contributed by atoms with van der Waals surface area (Å²) in [5.74, 6) is -0.336. The zero-order chi connectivity index (χ0) is 13.7. The first-order chi connectivity index (χ1) is 9.16. The van der Waals surface area contributed by atoms with Crippen molar-refractivity contribution in [2.75, 3.05) is 0 Å². The Bertz CT molecular complexity index is 472. The molecule has 0 spiro atoms. The second-order valence-electron chi connectivity index (χ2n) is 4.80. The molecular formula is C14H17FN2O2. The van der Waals surface area contributed by atoms with Crippen molar-refractivity contribution < 1.29 is 14.0 Å². The van der Waals surface area contributed by atoms with E-state index in [9.17, 15) is 14.0 Å². The molecule has 4 nitrogen and oxygen atoms in total. The molecule has 1 heterocycles. The zero-order valence-electron chi connectivity index (χ0n) is 10.7. The van der Waals surface area contributed by atoms with Crippen molar-refractivity contribution >= 4 is 11.7 Å². The summed E-state index contributed by atoms with van der Waals surface area (Å²) >= 11 is 0. The smallest absolute Gasteiger partial charge is 0.220 e. The van der Waals surface area contributed by atoms with Crippen LogP contribution in [0.15, 0.2) is 18.3 Å². The van der Waals surface area contributed by atoms with E-state index in [0.29, 0.717) is 0 Å². The average molecular weight is 264 g/mol. The van der Waals surface area contributed by atoms with Crippen molar-refractivity contribution in [1.82, 2.24) is 10.3 Å². The number of rotatable bonds is 6. The number of amides is 1. The van der Waals surface area contributed by atoms with Crippen LogP contribution in [0.3, 0.4) is 0 Å². The van der Waals surface area contributed by atoms with E-state index in [1.54, 1.807) is 0 Å². The van der Waals surface area contributed by atoms with Crippen molar-refractivity contribution in [3.05, 3.63) is 29.8 Å². The molecular weight excluding hydrogens is 247 g/mol. The summed E-state index contributed by atoms with van der Waals surface area (Å²) in [6, 6.07) is 2.80. The summed E-state index contributed by atoms with van der Waals surface area (Å²) in [5.41, 5.74) is 0.209. The highest BCUT2D eigenvalue weighted by Crippen LogP contribution is 2.28. The first-order valence-corrected chi connectivity index (χ1v) is 6.55. The van der Waals surface area contributed by atoms with E-state index < -0.39 is 5.82 Å². The predicted octanol–water partition coefficient (Wildman–Crippen LogP) is 1.99. The fourth-order valence-corrected chi connectivity index (χ4v) is 1.99. The Morgan fingerprint density at radius 2 is 2.16 bits per heavy atom. The van der Waals surface area contributed by atoms with E-state index in [0.717, 1.165) is 19.3 Å². The zero-order valence-corrected chi connectivity index (χ0v) is 10.7. The van der Waals surface area contributed by atoms with Gasteiger partial charge in [0.05, 0.1) is 12.2 Å². The van der Waals surface area contributed by atoms with E-state index in [1.165, 1.54) is 18.3 Å². The number of hydrogen-bond donors (Lipinski definition) is 1. The lowest BCUT2D eigenvalue weighted by Crippen LogP contribution is -2.27. The summed E-state index contributed by atoms with van der Waals surface area (Å²) in [5, 5.41) is 2.58. The highest BCUT2D eigenvalue weighted by atomic mass is 19.1. The van der Waals surface area contributed by atoms with Gasteiger partial charge in [0.25, 0.3) is 0 Å². The molecule has 1 aliphatic rings. The second-order valence-corrected chi connectivity index (χ2v) is 4.80. The molecule has 0 unspecified atom stereocenters. The van der Waals surface area contributed by atoms with Crippen LogP contribution in [0, 0.1) is 11.7 Å². The fourth-order valence-electron chi connectivity index (χ4n) is 1.99. The van der Waals surface area contributed by atoms with Crippen molar-refractivity contribution in [2.45, 2.75) is 38.6 Å². The lowest BCUT2D eigenvalue weighted by atomic mass is 9.81. The maximum Gasteiger partial charge on any atom is 0.220 e. The predicted molar refractivity (Wildman–Crippen MR) is 67.6 cm³/mol. The molecule has 5 heteroatoms. The van der Waals surface area contributed by atoms with E-state index in [2.05, 4.69) is 10.3 Å². The van der Waals surface area contributed by atoms with Gasteiger partial charge in [-0.25, -0.2) is 4.39 Å². The molecule has 0 saturated heterocycles. The van der Waals surface area contributed by atoms with Gasteiger partial charge >= 0.3 is 0 Å². The first kappa shape index (κ1) is 13.6. The maximum absolute atomic E-state index is 13.2. The van der Waals surface area contributed by atoms with E-state index in [-0.39, 0.29) is 42.7 Å². The van der Waals surface area contributed by atoms with Gasteiger partial charge in [-0.1, -0.05) is 6.42 Å². The summed E-state index contributed by atoms with van der Waals surface area (Å²) in [6.45, 7) is 0.0587. The minimum Gasteiger partial charge on any atom is -0.350 e. The lowest BCUT2D eigenvalue weighted by Gasteiger charge is -2.23. The quantitative estimate of drug-likeness (QED) is 0.854. The van der Waals surface area contributed by atoms with Crippen LogP contribution in [0.4, 0.5) is 4.39 Å². The average Bonchev–Trinajstić information content (AvgIpc) is 2.33. The maximum atomic E-state index is 13.2. The number of nitrogens with one attached hydrogen (secondary N) is 1. The van der Waals surface area contributed by atoms with Gasteiger partial charge in [-0.15, -0.1) is 0 Å². The topological polar surface area (TPSA) is 59.1 Å². The molecule has 1 aromatic heterocycles. The molecule has 0 bridgehead atoms. The molecule has 1 saturated carbocycles. The molecule has 0 aliphatic heterocycles. The number of nitrogens with zero attached hydrogens (tertiary/aromatic N) is 1. The van der Waals surface area contributed by atoms with E-state index >= 15 is 0 Å². The van der Waals surface area contributed by atoms with E-state index in [1.807, 2.05) is 0 Å². The van der Waals surface area contributed by atoms with Crippen LogP contribution in [-0.2, 0) is 16.1 Å². The summed E-state index contributed by atoms with van der Waals surface area (Å²) in [7, 11) is 0. The first-order valence-electron chi connectivity index (χ1n) is 6.55. The van der Waals surface area contributed by atoms with Crippen molar-refractivity contribution in [1.29, 1.82) is 0 Å². The van der Waals surface area contributed by atoms with Crippen molar-refractivity contribution in [2.24, 2.45) is 5.92 Å². The van der Waals surface area contributed by atoms with Crippen molar-refractivity contribution in [3.63, 3.8) is 0 Å². The minimum atomic E-state index is -0.437. The Morgan fingerprint density at radius 1 is 1.37 bits per heavy atom. The molecule has 102 valence electrons. The van der Waals surface area contributed by atoms with Crippen molar-refractivity contribution in [3.8, 4) is 0 Å². The van der Waals surface area contributed by atoms with Gasteiger partial charge in [0.2, 0.25) is 5.91 Å². The van der Waals surface area contributed by atoms with Gasteiger partial charge in [-0.2, -0.15) is 0 Å². The summed E-state index contributed by atoms with van der Waals surface area (Å²) in [4.78, 5) is 27.0. The lowest BCUT2D eigenvalue weighted by molar-refractivity contribution is -0.129. The number of halogens is 1. The molecule has 2 rings (SSSR count). The van der Waals surface area contributed by atoms with Gasteiger partial charge in [0, 0.05) is 25.0 Å². The molecule has 1 N–H and O–H groups in total. The molecule has 19 heavy (non-hydrogen) atoms. The van der Waals surface area contributed by atoms with Crippen LogP contribution >= 0.6 is 0 Å². The standard InChI is InChI=1S/C14H17FN2O2/c15-11-5-2-8-16-12(11)9-17-14(19)7-6-13(18)10-3-1-4-10/h2,5,8,10H,1,3-4,6-7,9H2,(H,17,19). The van der Waals surface area contributed by atoms with Crippen LogP contribution in [0.1, 0.15) is 37.8 Å². The summed E-state index contributed by atoms with van der Waals surface area (Å²) in [6.07, 6.45) is 4.95. The van der Waals surface area contributed by atoms with Gasteiger partial charge in [-0.3, -0.25) is 14.6 Å². The Labute approximate surface area is 111 Å². The SMILES string of the molecule is O=C(CCC(=O)C1CCC1)NCc1ncccc1F. The molecule has 1 fully saturated rings. The number of carbonyl (C=O) groups excluding carboxylic acids is 2. The highest BCUT2D eigenvalue weighted by molar-refractivity contribution is 5.86. The van der Waals surface area contributed by atoms with Crippen LogP contribution in [-0.4, -0.2) is 16.7 Å². The third-order valence-corrected chi connectivity index (χ3v) is 3.45. The number of carbonyl (C=O) groups is 2. The van der Waals surface area contributed by atoms with Gasteiger partial charge in [0.1, 0.15) is 11.6 Å². The Hall–Kier alpha value is -1.78. The van der Waals surface area contributed by atoms with Gasteiger partial charge in [0.15, 0.2) is 0 Å². The highest BCUT2D eigenvalue weighted by Gasteiger charge is 2.24. The van der Waals surface area contributed by atoms with Gasteiger partial charge in [-0.05, 0) is 25.0 Å². The fraction of sp³-hybridized carbons (Fsp3) is 0.500. The molecule has 1 aromatic rings. The Kier molecular flexibility index (Phi) is 4.60. The summed E-state index contributed by atoms with van der Waals surface area (Å²) < 4.78 is 13.2. The third kappa shape index (κ3) is 3.84. The monoisotopic (exact) mass is 264 g/mol. The van der Waals surface area contributed by atoms with Crippen LogP contribution < -0.4 is 5.32 Å². The number of Topliss-reactive ketones (excluding diaryl/α,β-unsaturated/α-hetero) is 1. The molecule has 0 radical (unpaired) electrons. The second kappa shape index (κ2) is 6.41. The van der Waals surface area contributed by atoms with Crippen LogP contribution in [0.25, 0.3) is 0 Å². The normalized spacial score (nSPS) is 14.8. The number of hydrogen-bond acceptors (Lipinski definition) is 3. The molecule has 0 aromatic carbocycles. The van der Waals surface area contributed by atoms with E-state index in [4.69, 9.17) is 0 Å². The largest absolute Gasteiger partial charge is 0.350 e.